The van der Waals surface area contributed by atoms with E-state index in [4.69, 9.17) is 5.10 Å². The number of aromatic nitrogens is 3. The third-order valence-corrected chi connectivity index (χ3v) is 6.86. The van der Waals surface area contributed by atoms with Gasteiger partial charge in [0.05, 0.1) is 22.7 Å². The molecule has 1 aliphatic rings. The molecule has 5 nitrogen and oxygen atoms in total. The molecule has 0 fully saturated rings. The van der Waals surface area contributed by atoms with Crippen LogP contribution >= 0.6 is 0 Å². The van der Waals surface area contributed by atoms with Crippen molar-refractivity contribution in [3.05, 3.63) is 126 Å². The molecule has 1 atom stereocenters. The summed E-state index contributed by atoms with van der Waals surface area (Å²) in [5.41, 5.74) is 8.41. The minimum Gasteiger partial charge on any atom is -0.339 e. The van der Waals surface area contributed by atoms with Crippen molar-refractivity contribution in [3.63, 3.8) is 0 Å². The van der Waals surface area contributed by atoms with Gasteiger partial charge in [-0.3, -0.25) is 4.79 Å². The van der Waals surface area contributed by atoms with Crippen LogP contribution in [0.25, 0.3) is 39.2 Å². The highest BCUT2D eigenvalue weighted by Gasteiger charge is 2.37. The van der Waals surface area contributed by atoms with Crippen molar-refractivity contribution in [2.45, 2.75) is 5.92 Å². The number of benzene rings is 4. The van der Waals surface area contributed by atoms with Crippen LogP contribution in [0.2, 0.25) is 0 Å². The fourth-order valence-corrected chi connectivity index (χ4v) is 5.27. The van der Waals surface area contributed by atoms with Gasteiger partial charge in [0.15, 0.2) is 0 Å². The van der Waals surface area contributed by atoms with Crippen molar-refractivity contribution in [1.82, 2.24) is 14.8 Å². The number of anilines is 1. The van der Waals surface area contributed by atoms with Crippen LogP contribution in [0.1, 0.15) is 17.0 Å². The molecule has 0 bridgehead atoms. The Hall–Kier alpha value is -4.90. The first-order valence-corrected chi connectivity index (χ1v) is 12.0. The van der Waals surface area contributed by atoms with Crippen LogP contribution < -0.4 is 5.32 Å². The molecule has 5 heteroatoms. The molecule has 4 aromatic carbocycles. The molecule has 1 amide bonds. The number of rotatable bonds is 4. The van der Waals surface area contributed by atoms with Crippen molar-refractivity contribution >= 4 is 22.6 Å². The Labute approximate surface area is 208 Å². The van der Waals surface area contributed by atoms with Crippen LogP contribution in [0.15, 0.2) is 115 Å². The monoisotopic (exact) mass is 466 g/mol. The summed E-state index contributed by atoms with van der Waals surface area (Å²) in [4.78, 5) is 17.2. The lowest BCUT2D eigenvalue weighted by Crippen LogP contribution is -2.14. The van der Waals surface area contributed by atoms with Crippen LogP contribution in [0.3, 0.4) is 0 Å². The Morgan fingerprint density at radius 3 is 2.03 bits per heavy atom. The summed E-state index contributed by atoms with van der Waals surface area (Å²) in [6.07, 6.45) is 0. The molecule has 1 aliphatic heterocycles. The van der Waals surface area contributed by atoms with Gasteiger partial charge in [-0.05, 0) is 29.3 Å². The highest BCUT2D eigenvalue weighted by molar-refractivity contribution is 6.11. The Kier molecular flexibility index (Phi) is 4.61. The lowest BCUT2D eigenvalue weighted by molar-refractivity contribution is -0.116. The molecule has 0 spiro atoms. The summed E-state index contributed by atoms with van der Waals surface area (Å²) in [6, 6.07) is 38.4. The third kappa shape index (κ3) is 3.10. The minimum absolute atomic E-state index is 0.0271. The van der Waals surface area contributed by atoms with Gasteiger partial charge in [-0.1, -0.05) is 97.1 Å². The Bertz CT molecular complexity index is 1720. The molecule has 6 aromatic rings. The number of hydrogen-bond donors (Lipinski definition) is 2. The third-order valence-electron chi connectivity index (χ3n) is 6.86. The van der Waals surface area contributed by atoms with Gasteiger partial charge in [0.1, 0.15) is 11.3 Å². The number of nitrogens with zero attached hydrogens (tertiary/aromatic N) is 2. The maximum atomic E-state index is 13.5. The number of nitrogens with one attached hydrogen (secondary N) is 2. The summed E-state index contributed by atoms with van der Waals surface area (Å²) in [5, 5.41) is 9.15. The Balaban J connectivity index is 1.61. The number of aromatic amines is 1. The smallest absolute Gasteiger partial charge is 0.236 e. The zero-order chi connectivity index (χ0) is 24.1. The van der Waals surface area contributed by atoms with Crippen LogP contribution in [0, 0.1) is 0 Å². The zero-order valence-electron chi connectivity index (χ0n) is 19.3. The van der Waals surface area contributed by atoms with Gasteiger partial charge < -0.3 is 10.3 Å². The maximum absolute atomic E-state index is 13.5. The summed E-state index contributed by atoms with van der Waals surface area (Å²) in [5.74, 6) is -0.484. The van der Waals surface area contributed by atoms with E-state index >= 15 is 0 Å². The first-order valence-electron chi connectivity index (χ1n) is 12.0. The number of para-hydroxylation sites is 2. The number of carbonyl (C=O) groups is 1. The average Bonchev–Trinajstić information content (AvgIpc) is 3.60. The quantitative estimate of drug-likeness (QED) is 0.301. The molecular formula is C31H22N4O. The lowest BCUT2D eigenvalue weighted by Gasteiger charge is -2.13. The molecule has 7 rings (SSSR count). The molecule has 0 radical (unpaired) electrons. The predicted octanol–water partition coefficient (Wildman–Crippen LogP) is 6.77. The van der Waals surface area contributed by atoms with Gasteiger partial charge in [-0.2, -0.15) is 5.10 Å². The molecule has 172 valence electrons. The van der Waals surface area contributed by atoms with E-state index < -0.39 is 5.92 Å². The van der Waals surface area contributed by atoms with Crippen molar-refractivity contribution in [1.29, 1.82) is 0 Å². The fourth-order valence-electron chi connectivity index (χ4n) is 5.27. The summed E-state index contributed by atoms with van der Waals surface area (Å²) < 4.78 is 1.95. The number of amides is 1. The topological polar surface area (TPSA) is 62.7 Å². The van der Waals surface area contributed by atoms with Gasteiger partial charge in [0.25, 0.3) is 0 Å². The molecule has 0 saturated carbocycles. The molecule has 0 aliphatic carbocycles. The Morgan fingerprint density at radius 2 is 1.31 bits per heavy atom. The minimum atomic E-state index is -0.457. The fraction of sp³-hybridized carbons (Fsp3) is 0.0323. The standard InChI is InChI=1S/C31H22N4O/c36-31-25(23-18-10-11-19-24(23)32-31)26-27-29(21-14-6-2-7-15-21)34-35(22-16-8-3-9-17-22)30(27)33-28(26)20-12-4-1-5-13-20/h1-19,25,33H,(H,32,36). The van der Waals surface area contributed by atoms with Gasteiger partial charge in [-0.25, -0.2) is 4.68 Å². The van der Waals surface area contributed by atoms with Gasteiger partial charge in [0.2, 0.25) is 5.91 Å². The van der Waals surface area contributed by atoms with E-state index in [0.29, 0.717) is 0 Å². The SMILES string of the molecule is O=C1Nc2ccccc2C1c1c(-c2ccccc2)[nH]c2c1c(-c1ccccc1)nn2-c1ccccc1. The van der Waals surface area contributed by atoms with E-state index in [1.165, 1.54) is 0 Å². The van der Waals surface area contributed by atoms with E-state index in [2.05, 4.69) is 34.6 Å². The number of H-pyrrole nitrogens is 1. The molecule has 36 heavy (non-hydrogen) atoms. The van der Waals surface area contributed by atoms with Gasteiger partial charge in [0, 0.05) is 16.8 Å². The van der Waals surface area contributed by atoms with Crippen molar-refractivity contribution in [3.8, 4) is 28.2 Å². The molecule has 2 aromatic heterocycles. The molecule has 0 saturated heterocycles. The number of carbonyl (C=O) groups excluding carboxylic acids is 1. The maximum Gasteiger partial charge on any atom is 0.236 e. The second kappa shape index (κ2) is 8.10. The van der Waals surface area contributed by atoms with E-state index in [0.717, 1.165) is 56.0 Å². The molecule has 2 N–H and O–H groups in total. The van der Waals surface area contributed by atoms with E-state index in [1.54, 1.807) is 0 Å². The van der Waals surface area contributed by atoms with Crippen LogP contribution in [0.4, 0.5) is 5.69 Å². The van der Waals surface area contributed by atoms with E-state index in [9.17, 15) is 4.79 Å². The first-order chi connectivity index (χ1) is 17.8. The number of hydrogen-bond acceptors (Lipinski definition) is 2. The van der Waals surface area contributed by atoms with Crippen molar-refractivity contribution < 1.29 is 4.79 Å². The molecular weight excluding hydrogens is 444 g/mol. The normalized spacial score (nSPS) is 14.7. The Morgan fingerprint density at radius 1 is 0.694 bits per heavy atom. The largest absolute Gasteiger partial charge is 0.339 e. The second-order valence-electron chi connectivity index (χ2n) is 8.97. The lowest BCUT2D eigenvalue weighted by atomic mass is 9.88. The van der Waals surface area contributed by atoms with Crippen molar-refractivity contribution in [2.24, 2.45) is 0 Å². The van der Waals surface area contributed by atoms with Gasteiger partial charge >= 0.3 is 0 Å². The van der Waals surface area contributed by atoms with E-state index in [-0.39, 0.29) is 5.91 Å². The second-order valence-corrected chi connectivity index (χ2v) is 8.97. The molecule has 1 unspecified atom stereocenters. The highest BCUT2D eigenvalue weighted by atomic mass is 16.2. The molecule has 3 heterocycles. The highest BCUT2D eigenvalue weighted by Crippen LogP contribution is 2.47. The summed E-state index contributed by atoms with van der Waals surface area (Å²) >= 11 is 0. The van der Waals surface area contributed by atoms with Crippen LogP contribution in [0.5, 0.6) is 0 Å². The predicted molar refractivity (Wildman–Crippen MR) is 143 cm³/mol. The van der Waals surface area contributed by atoms with Crippen molar-refractivity contribution in [2.75, 3.05) is 5.32 Å². The van der Waals surface area contributed by atoms with Crippen LogP contribution in [-0.4, -0.2) is 20.7 Å². The van der Waals surface area contributed by atoms with Gasteiger partial charge in [-0.15, -0.1) is 0 Å². The van der Waals surface area contributed by atoms with E-state index in [1.807, 2.05) is 95.7 Å². The zero-order valence-corrected chi connectivity index (χ0v) is 19.3. The average molecular weight is 467 g/mol. The van der Waals surface area contributed by atoms with Crippen LogP contribution in [-0.2, 0) is 4.79 Å². The number of fused-ring (bicyclic) bond motifs is 2. The first kappa shape index (κ1) is 20.5. The summed E-state index contributed by atoms with van der Waals surface area (Å²) in [6.45, 7) is 0. The summed E-state index contributed by atoms with van der Waals surface area (Å²) in [7, 11) is 0.